The van der Waals surface area contributed by atoms with Crippen molar-refractivity contribution in [3.63, 3.8) is 0 Å². The van der Waals surface area contributed by atoms with E-state index < -0.39 is 40.4 Å². The van der Waals surface area contributed by atoms with E-state index in [4.69, 9.17) is 9.47 Å². The molecule has 3 rings (SSSR count). The fourth-order valence-corrected chi connectivity index (χ4v) is 3.41. The first-order valence-corrected chi connectivity index (χ1v) is 9.75. The summed E-state index contributed by atoms with van der Waals surface area (Å²) in [6.45, 7) is -0.591. The van der Waals surface area contributed by atoms with Crippen LogP contribution in [-0.4, -0.2) is 22.7 Å². The van der Waals surface area contributed by atoms with E-state index in [1.165, 1.54) is 0 Å². The summed E-state index contributed by atoms with van der Waals surface area (Å²) in [5.41, 5.74) is -1.40. The molecule has 1 aliphatic carbocycles. The zero-order valence-electron chi connectivity index (χ0n) is 15.5. The lowest BCUT2D eigenvalue weighted by molar-refractivity contribution is -0.185. The molecule has 160 valence electrons. The van der Waals surface area contributed by atoms with Crippen molar-refractivity contribution in [3.8, 4) is 0 Å². The van der Waals surface area contributed by atoms with Crippen molar-refractivity contribution in [1.82, 2.24) is 0 Å². The van der Waals surface area contributed by atoms with Crippen LogP contribution in [0.2, 0.25) is 0 Å². The van der Waals surface area contributed by atoms with Crippen LogP contribution in [0.15, 0.2) is 60.7 Å². The third kappa shape index (κ3) is 4.35. The fourth-order valence-electron chi connectivity index (χ4n) is 3.14. The van der Waals surface area contributed by atoms with Gasteiger partial charge in [-0.2, -0.15) is 17.6 Å². The smallest absolute Gasteiger partial charge is 0.363 e. The molecule has 2 aromatic rings. The molecule has 0 spiro atoms. The van der Waals surface area contributed by atoms with Crippen molar-refractivity contribution in [2.45, 2.75) is 30.4 Å². The topological polar surface area (TPSA) is 52.6 Å². The number of hydrogen-bond donors (Lipinski definition) is 0. The monoisotopic (exact) mass is 488 g/mol. The molecule has 1 saturated carbocycles. The molecule has 0 aromatic heterocycles. The minimum absolute atomic E-state index is 0.295. The van der Waals surface area contributed by atoms with Gasteiger partial charge in [-0.05, 0) is 33.5 Å². The Morgan fingerprint density at radius 3 is 1.63 bits per heavy atom. The zero-order chi connectivity index (χ0) is 22.0. The molecule has 0 amide bonds. The molecule has 0 radical (unpaired) electrons. The average Bonchev–Trinajstić information content (AvgIpc) is 3.49. The number of esters is 2. The summed E-state index contributed by atoms with van der Waals surface area (Å²) in [4.78, 5) is 20.6. The van der Waals surface area contributed by atoms with Crippen LogP contribution in [0, 0.1) is 11.3 Å². The molecular formula is C21H17BrF4O4. The van der Waals surface area contributed by atoms with Gasteiger partial charge in [-0.3, -0.25) is 9.59 Å². The average molecular weight is 489 g/mol. The van der Waals surface area contributed by atoms with Crippen molar-refractivity contribution in [3.05, 3.63) is 71.8 Å². The number of benzene rings is 2. The number of rotatable bonds is 8. The van der Waals surface area contributed by atoms with Gasteiger partial charge in [0.25, 0.3) is 0 Å². The molecule has 0 heterocycles. The molecule has 1 atom stereocenters. The van der Waals surface area contributed by atoms with Gasteiger partial charge in [-0.15, -0.1) is 0 Å². The summed E-state index contributed by atoms with van der Waals surface area (Å²) in [5.74, 6) is -9.55. The standard InChI is InChI=1S/C21H17BrF4O4/c22-21(25,26)20(23,24)16-11-19(16,17(27)29-12-14-7-3-1-4-8-14)18(28)30-13-15-9-5-2-6-10-15/h1-10,16H,11-13H2. The molecule has 1 aliphatic rings. The van der Waals surface area contributed by atoms with Gasteiger partial charge in [-0.1, -0.05) is 60.7 Å². The predicted molar refractivity (Wildman–Crippen MR) is 102 cm³/mol. The van der Waals surface area contributed by atoms with Gasteiger partial charge in [0.15, 0.2) is 5.41 Å². The molecule has 0 saturated heterocycles. The van der Waals surface area contributed by atoms with E-state index >= 15 is 0 Å². The zero-order valence-corrected chi connectivity index (χ0v) is 17.1. The number of carbonyl (C=O) groups is 2. The number of halogens is 5. The normalized spacial score (nSPS) is 17.8. The van der Waals surface area contributed by atoms with Crippen LogP contribution in [0.3, 0.4) is 0 Å². The Morgan fingerprint density at radius 2 is 1.27 bits per heavy atom. The van der Waals surface area contributed by atoms with Crippen molar-refractivity contribution in [2.24, 2.45) is 11.3 Å². The lowest BCUT2D eigenvalue weighted by Gasteiger charge is -2.24. The number of alkyl halides is 5. The Morgan fingerprint density at radius 1 is 0.867 bits per heavy atom. The Kier molecular flexibility index (Phi) is 6.21. The first-order chi connectivity index (χ1) is 14.1. The van der Waals surface area contributed by atoms with Crippen molar-refractivity contribution in [1.29, 1.82) is 0 Å². The van der Waals surface area contributed by atoms with Gasteiger partial charge in [-0.25, -0.2) is 0 Å². The summed E-state index contributed by atoms with van der Waals surface area (Å²) in [5, 5.41) is 0. The first kappa shape index (κ1) is 22.3. The molecule has 30 heavy (non-hydrogen) atoms. The Labute approximate surface area is 178 Å². The van der Waals surface area contributed by atoms with Gasteiger partial charge in [0.05, 0.1) is 5.92 Å². The molecule has 0 aliphatic heterocycles. The number of carbonyl (C=O) groups excluding carboxylic acids is 2. The van der Waals surface area contributed by atoms with Crippen molar-refractivity contribution >= 4 is 27.9 Å². The maximum atomic E-state index is 14.2. The van der Waals surface area contributed by atoms with Crippen LogP contribution in [0.25, 0.3) is 0 Å². The molecule has 0 bridgehead atoms. The SMILES string of the molecule is O=C(OCc1ccccc1)C1(C(=O)OCc2ccccc2)CC1C(F)(F)C(F)(F)Br. The Hall–Kier alpha value is -2.42. The highest BCUT2D eigenvalue weighted by Crippen LogP contribution is 2.65. The first-order valence-electron chi connectivity index (χ1n) is 8.96. The third-order valence-corrected chi connectivity index (χ3v) is 5.46. The van der Waals surface area contributed by atoms with Gasteiger partial charge in [0.1, 0.15) is 13.2 Å². The second-order valence-corrected chi connectivity index (χ2v) is 7.97. The summed E-state index contributed by atoms with van der Waals surface area (Å²) < 4.78 is 65.4. The highest BCUT2D eigenvalue weighted by Gasteiger charge is 2.81. The molecular weight excluding hydrogens is 472 g/mol. The molecule has 2 aromatic carbocycles. The summed E-state index contributed by atoms with van der Waals surface area (Å²) >= 11 is 1.65. The van der Waals surface area contributed by atoms with Crippen LogP contribution in [0.1, 0.15) is 17.5 Å². The predicted octanol–water partition coefficient (Wildman–Crippen LogP) is 5.10. The van der Waals surface area contributed by atoms with Crippen LogP contribution < -0.4 is 0 Å². The van der Waals surface area contributed by atoms with E-state index in [1.54, 1.807) is 76.6 Å². The number of ether oxygens (including phenoxy) is 2. The largest absolute Gasteiger partial charge is 0.460 e. The minimum atomic E-state index is -4.66. The summed E-state index contributed by atoms with van der Waals surface area (Å²) in [6.07, 6.45) is -0.803. The second-order valence-electron chi connectivity index (χ2n) is 6.97. The van der Waals surface area contributed by atoms with E-state index in [0.29, 0.717) is 11.1 Å². The van der Waals surface area contributed by atoms with E-state index in [-0.39, 0.29) is 13.2 Å². The lowest BCUT2D eigenvalue weighted by Crippen LogP contribution is -2.43. The summed E-state index contributed by atoms with van der Waals surface area (Å²) in [6, 6.07) is 16.6. The van der Waals surface area contributed by atoms with E-state index in [1.807, 2.05) is 0 Å². The quantitative estimate of drug-likeness (QED) is 0.224. The molecule has 1 fully saturated rings. The number of hydrogen-bond acceptors (Lipinski definition) is 4. The van der Waals surface area contributed by atoms with Crippen LogP contribution >= 0.6 is 15.9 Å². The van der Waals surface area contributed by atoms with Gasteiger partial charge >= 0.3 is 22.7 Å². The lowest BCUT2D eigenvalue weighted by atomic mass is 10.0. The molecule has 9 heteroatoms. The second kappa shape index (κ2) is 8.37. The van der Waals surface area contributed by atoms with Crippen molar-refractivity contribution in [2.75, 3.05) is 0 Å². The minimum Gasteiger partial charge on any atom is -0.460 e. The fraction of sp³-hybridized carbons (Fsp3) is 0.333. The van der Waals surface area contributed by atoms with Crippen LogP contribution in [0.5, 0.6) is 0 Å². The highest BCUT2D eigenvalue weighted by molar-refractivity contribution is 9.10. The van der Waals surface area contributed by atoms with Gasteiger partial charge in [0.2, 0.25) is 0 Å². The Bertz CT molecular complexity index is 845. The van der Waals surface area contributed by atoms with E-state index in [9.17, 15) is 27.2 Å². The van der Waals surface area contributed by atoms with E-state index in [2.05, 4.69) is 0 Å². The summed E-state index contributed by atoms with van der Waals surface area (Å²) in [7, 11) is 0. The van der Waals surface area contributed by atoms with Crippen LogP contribution in [0.4, 0.5) is 17.6 Å². The Balaban J connectivity index is 1.79. The highest BCUT2D eigenvalue weighted by atomic mass is 79.9. The van der Waals surface area contributed by atoms with Crippen molar-refractivity contribution < 1.29 is 36.6 Å². The van der Waals surface area contributed by atoms with E-state index in [0.717, 1.165) is 0 Å². The van der Waals surface area contributed by atoms with Gasteiger partial charge < -0.3 is 9.47 Å². The van der Waals surface area contributed by atoms with Gasteiger partial charge in [0, 0.05) is 0 Å². The maximum Gasteiger partial charge on any atom is 0.363 e. The van der Waals surface area contributed by atoms with Crippen LogP contribution in [-0.2, 0) is 32.3 Å². The molecule has 4 nitrogen and oxygen atoms in total. The molecule has 1 unspecified atom stereocenters. The molecule has 0 N–H and O–H groups in total. The third-order valence-electron chi connectivity index (χ3n) is 4.93. The maximum absolute atomic E-state index is 14.2.